The molecule has 1 atom stereocenters. The van der Waals surface area contributed by atoms with E-state index in [0.717, 1.165) is 29.3 Å². The van der Waals surface area contributed by atoms with Crippen LogP contribution in [0.3, 0.4) is 0 Å². The molecule has 0 bridgehead atoms. The molecular weight excluding hydrogens is 322 g/mol. The van der Waals surface area contributed by atoms with Crippen molar-refractivity contribution >= 4 is 0 Å². The summed E-state index contributed by atoms with van der Waals surface area (Å²) in [6.45, 7) is 0.853. The molecule has 3 aromatic rings. The Labute approximate surface area is 144 Å². The van der Waals surface area contributed by atoms with Crippen LogP contribution in [0.2, 0.25) is 0 Å². The smallest absolute Gasteiger partial charge is 0.217 e. The van der Waals surface area contributed by atoms with E-state index in [2.05, 4.69) is 10.1 Å². The number of ether oxygens (including phenoxy) is 2. The largest absolute Gasteiger partial charge is 0.493 e. The van der Waals surface area contributed by atoms with Gasteiger partial charge >= 0.3 is 0 Å². The molecule has 3 heterocycles. The van der Waals surface area contributed by atoms with Gasteiger partial charge in [-0.1, -0.05) is 12.1 Å². The highest BCUT2D eigenvalue weighted by molar-refractivity contribution is 5.49. The number of aliphatic hydroxyl groups excluding tert-OH is 1. The maximum absolute atomic E-state index is 9.35. The fourth-order valence-corrected chi connectivity index (χ4v) is 3.15. The number of aromatic nitrogens is 3. The molecule has 1 N–H and O–H groups in total. The van der Waals surface area contributed by atoms with Crippen molar-refractivity contribution in [2.45, 2.75) is 18.9 Å². The van der Waals surface area contributed by atoms with E-state index in [9.17, 15) is 5.11 Å². The Morgan fingerprint density at radius 1 is 1.32 bits per heavy atom. The maximum Gasteiger partial charge on any atom is 0.217 e. The number of rotatable bonds is 5. The summed E-state index contributed by atoms with van der Waals surface area (Å²) < 4.78 is 18.4. The topological polar surface area (TPSA) is 82.5 Å². The number of fused-ring (bicyclic) bond motifs is 1. The standard InChI is InChI=1S/C18H19N3O4/c1-23-14-5-2-4-12-10-13(11-25-16(12)14)18-19-17(15-6-3-9-24-15)20-21(18)7-8-22/h2-6,9,13,22H,7-8,10-11H2,1H3/t13-/m1/s1. The van der Waals surface area contributed by atoms with Crippen molar-refractivity contribution in [2.24, 2.45) is 0 Å². The number of hydrogen-bond donors (Lipinski definition) is 1. The Balaban J connectivity index is 1.67. The minimum Gasteiger partial charge on any atom is -0.493 e. The molecule has 0 saturated carbocycles. The molecule has 4 rings (SSSR count). The number of hydrogen-bond acceptors (Lipinski definition) is 6. The molecule has 0 radical (unpaired) electrons. The average molecular weight is 341 g/mol. The number of methoxy groups -OCH3 is 1. The first kappa shape index (κ1) is 15.7. The molecular formula is C18H19N3O4. The maximum atomic E-state index is 9.35. The highest BCUT2D eigenvalue weighted by atomic mass is 16.5. The lowest BCUT2D eigenvalue weighted by Crippen LogP contribution is -2.23. The zero-order valence-electron chi connectivity index (χ0n) is 13.9. The minimum atomic E-state index is -0.00799. The summed E-state index contributed by atoms with van der Waals surface area (Å²) in [5.41, 5.74) is 1.08. The van der Waals surface area contributed by atoms with Crippen LogP contribution in [0.4, 0.5) is 0 Å². The first-order chi connectivity index (χ1) is 12.3. The molecule has 1 aromatic carbocycles. The van der Waals surface area contributed by atoms with Crippen molar-refractivity contribution in [3.8, 4) is 23.1 Å². The molecule has 0 spiro atoms. The van der Waals surface area contributed by atoms with E-state index in [-0.39, 0.29) is 12.5 Å². The lowest BCUT2D eigenvalue weighted by molar-refractivity contribution is 0.232. The number of para-hydroxylation sites is 1. The summed E-state index contributed by atoms with van der Waals surface area (Å²) in [6.07, 6.45) is 2.36. The third kappa shape index (κ3) is 2.87. The van der Waals surface area contributed by atoms with Crippen LogP contribution in [0.15, 0.2) is 41.0 Å². The van der Waals surface area contributed by atoms with Gasteiger partial charge in [-0.3, -0.25) is 0 Å². The summed E-state index contributed by atoms with van der Waals surface area (Å²) in [5.74, 6) is 3.49. The van der Waals surface area contributed by atoms with Crippen LogP contribution in [0.25, 0.3) is 11.6 Å². The fraction of sp³-hybridized carbons (Fsp3) is 0.333. The van der Waals surface area contributed by atoms with Crippen molar-refractivity contribution in [3.63, 3.8) is 0 Å². The molecule has 2 aromatic heterocycles. The van der Waals surface area contributed by atoms with Gasteiger partial charge in [0.25, 0.3) is 0 Å². The number of nitrogens with zero attached hydrogens (tertiary/aromatic N) is 3. The summed E-state index contributed by atoms with van der Waals surface area (Å²) in [5, 5.41) is 13.8. The van der Waals surface area contributed by atoms with Crippen LogP contribution in [0, 0.1) is 0 Å². The zero-order chi connectivity index (χ0) is 17.2. The lowest BCUT2D eigenvalue weighted by Gasteiger charge is -2.26. The second kappa shape index (κ2) is 6.60. The average Bonchev–Trinajstić information content (AvgIpc) is 3.30. The van der Waals surface area contributed by atoms with E-state index in [4.69, 9.17) is 13.9 Å². The van der Waals surface area contributed by atoms with E-state index in [1.807, 2.05) is 24.3 Å². The molecule has 0 fully saturated rings. The van der Waals surface area contributed by atoms with Crippen molar-refractivity contribution in [1.82, 2.24) is 14.8 Å². The van der Waals surface area contributed by atoms with E-state index < -0.39 is 0 Å². The van der Waals surface area contributed by atoms with Gasteiger partial charge in [-0.15, -0.1) is 5.10 Å². The Hall–Kier alpha value is -2.80. The van der Waals surface area contributed by atoms with Crippen LogP contribution < -0.4 is 9.47 Å². The van der Waals surface area contributed by atoms with Gasteiger partial charge in [0.1, 0.15) is 5.82 Å². The normalized spacial score (nSPS) is 16.3. The third-order valence-corrected chi connectivity index (χ3v) is 4.29. The highest BCUT2D eigenvalue weighted by Gasteiger charge is 2.28. The number of furan rings is 1. The van der Waals surface area contributed by atoms with Gasteiger partial charge in [-0.25, -0.2) is 9.67 Å². The number of benzene rings is 1. The monoisotopic (exact) mass is 341 g/mol. The van der Waals surface area contributed by atoms with E-state index in [1.165, 1.54) is 0 Å². The SMILES string of the molecule is COc1cccc2c1OC[C@H](c1nc(-c3ccco3)nn1CCO)C2. The van der Waals surface area contributed by atoms with Crippen LogP contribution in [0.5, 0.6) is 11.5 Å². The lowest BCUT2D eigenvalue weighted by atomic mass is 9.95. The van der Waals surface area contributed by atoms with Gasteiger partial charge in [0.2, 0.25) is 5.82 Å². The number of aliphatic hydroxyl groups is 1. The minimum absolute atomic E-state index is 0.00799. The van der Waals surface area contributed by atoms with Gasteiger partial charge in [-0.05, 0) is 30.2 Å². The third-order valence-electron chi connectivity index (χ3n) is 4.29. The van der Waals surface area contributed by atoms with E-state index in [1.54, 1.807) is 24.1 Å². The molecule has 7 nitrogen and oxygen atoms in total. The van der Waals surface area contributed by atoms with Gasteiger partial charge in [0.15, 0.2) is 17.3 Å². The second-order valence-corrected chi connectivity index (χ2v) is 5.88. The molecule has 1 aliphatic rings. The van der Waals surface area contributed by atoms with Gasteiger partial charge in [0.05, 0.1) is 39.0 Å². The summed E-state index contributed by atoms with van der Waals surface area (Å²) >= 11 is 0. The van der Waals surface area contributed by atoms with Crippen molar-refractivity contribution < 1.29 is 19.0 Å². The van der Waals surface area contributed by atoms with Gasteiger partial charge in [-0.2, -0.15) is 0 Å². The Morgan fingerprint density at radius 3 is 3.00 bits per heavy atom. The quantitative estimate of drug-likeness (QED) is 0.766. The van der Waals surface area contributed by atoms with Crippen LogP contribution in [0.1, 0.15) is 17.3 Å². The Kier molecular flexibility index (Phi) is 4.15. The van der Waals surface area contributed by atoms with Gasteiger partial charge in [0, 0.05) is 0 Å². The molecule has 0 unspecified atom stereocenters. The highest BCUT2D eigenvalue weighted by Crippen LogP contribution is 2.38. The second-order valence-electron chi connectivity index (χ2n) is 5.88. The van der Waals surface area contributed by atoms with E-state index >= 15 is 0 Å². The Bertz CT molecular complexity index is 857. The molecule has 1 aliphatic heterocycles. The molecule has 0 amide bonds. The summed E-state index contributed by atoms with van der Waals surface area (Å²) in [4.78, 5) is 4.65. The first-order valence-electron chi connectivity index (χ1n) is 8.18. The molecule has 7 heteroatoms. The molecule has 0 saturated heterocycles. The van der Waals surface area contributed by atoms with Crippen LogP contribution >= 0.6 is 0 Å². The molecule has 25 heavy (non-hydrogen) atoms. The van der Waals surface area contributed by atoms with Crippen LogP contribution in [-0.4, -0.2) is 40.2 Å². The molecule has 0 aliphatic carbocycles. The predicted octanol–water partition coefficient (Wildman–Crippen LogP) is 2.26. The van der Waals surface area contributed by atoms with Crippen molar-refractivity contribution in [1.29, 1.82) is 0 Å². The molecule has 130 valence electrons. The first-order valence-corrected chi connectivity index (χ1v) is 8.18. The van der Waals surface area contributed by atoms with Crippen molar-refractivity contribution in [3.05, 3.63) is 48.0 Å². The summed E-state index contributed by atoms with van der Waals surface area (Å²) in [7, 11) is 1.64. The van der Waals surface area contributed by atoms with Crippen molar-refractivity contribution in [2.75, 3.05) is 20.3 Å². The fourth-order valence-electron chi connectivity index (χ4n) is 3.15. The van der Waals surface area contributed by atoms with Crippen LogP contribution in [-0.2, 0) is 13.0 Å². The van der Waals surface area contributed by atoms with Gasteiger partial charge < -0.3 is 19.0 Å². The summed E-state index contributed by atoms with van der Waals surface area (Å²) in [6, 6.07) is 9.50. The zero-order valence-corrected chi connectivity index (χ0v) is 13.9. The van der Waals surface area contributed by atoms with E-state index in [0.29, 0.717) is 24.7 Å². The Morgan fingerprint density at radius 2 is 2.24 bits per heavy atom. The predicted molar refractivity (Wildman–Crippen MR) is 89.7 cm³/mol.